The molecule has 110 valence electrons. The highest BCUT2D eigenvalue weighted by Gasteiger charge is 2.13. The van der Waals surface area contributed by atoms with Gasteiger partial charge >= 0.3 is 6.03 Å². The van der Waals surface area contributed by atoms with Crippen LogP contribution in [-0.4, -0.2) is 45.7 Å². The van der Waals surface area contributed by atoms with Gasteiger partial charge in [-0.2, -0.15) is 9.78 Å². The fourth-order valence-corrected chi connectivity index (χ4v) is 1.64. The number of nitrogens with two attached hydrogens (primary N) is 1. The second kappa shape index (κ2) is 6.04. The van der Waals surface area contributed by atoms with Crippen molar-refractivity contribution in [2.24, 2.45) is 0 Å². The summed E-state index contributed by atoms with van der Waals surface area (Å²) in [5.74, 6) is -0.0839. The van der Waals surface area contributed by atoms with Crippen LogP contribution in [0.1, 0.15) is 16.1 Å². The van der Waals surface area contributed by atoms with Gasteiger partial charge in [0.1, 0.15) is 5.82 Å². The third-order valence-electron chi connectivity index (χ3n) is 2.75. The van der Waals surface area contributed by atoms with Crippen LogP contribution in [0.15, 0.2) is 30.6 Å². The first kappa shape index (κ1) is 14.5. The Morgan fingerprint density at radius 2 is 2.10 bits per heavy atom. The van der Waals surface area contributed by atoms with Crippen LogP contribution < -0.4 is 11.1 Å². The van der Waals surface area contributed by atoms with Gasteiger partial charge in [-0.1, -0.05) is 0 Å². The number of hydrogen-bond donors (Lipinski definition) is 2. The van der Waals surface area contributed by atoms with Gasteiger partial charge in [-0.25, -0.2) is 4.79 Å². The zero-order chi connectivity index (χ0) is 15.4. The largest absolute Gasteiger partial charge is 0.383 e. The minimum atomic E-state index is -0.347. The monoisotopic (exact) mass is 288 g/mol. The standard InChI is InChI=1S/C13H16N6O2/c1-18(2)13(21)16-8-10-7-9(3-5-15-10)12(20)19-11(14)4-6-17-19/h3-7H,8,14H2,1-2H3,(H,16,21). The average molecular weight is 288 g/mol. The maximum atomic E-state index is 12.2. The van der Waals surface area contributed by atoms with Crippen LogP contribution >= 0.6 is 0 Å². The molecule has 0 aliphatic carbocycles. The SMILES string of the molecule is CN(C)C(=O)NCc1cc(C(=O)n2nccc2N)ccn1. The molecule has 2 aromatic heterocycles. The Kier molecular flexibility index (Phi) is 4.17. The van der Waals surface area contributed by atoms with Crippen molar-refractivity contribution < 1.29 is 9.59 Å². The lowest BCUT2D eigenvalue weighted by Crippen LogP contribution is -2.34. The van der Waals surface area contributed by atoms with Gasteiger partial charge in [-0.05, 0) is 12.1 Å². The Hall–Kier alpha value is -2.90. The second-order valence-electron chi connectivity index (χ2n) is 4.56. The summed E-state index contributed by atoms with van der Waals surface area (Å²) in [7, 11) is 3.28. The van der Waals surface area contributed by atoms with Crippen LogP contribution in [0.25, 0.3) is 0 Å². The van der Waals surface area contributed by atoms with E-state index in [9.17, 15) is 9.59 Å². The molecule has 8 heteroatoms. The summed E-state index contributed by atoms with van der Waals surface area (Å²) in [6, 6.07) is 4.47. The van der Waals surface area contributed by atoms with E-state index in [1.807, 2.05) is 0 Å². The van der Waals surface area contributed by atoms with E-state index in [-0.39, 0.29) is 24.3 Å². The van der Waals surface area contributed by atoms with Crippen molar-refractivity contribution in [2.75, 3.05) is 19.8 Å². The number of nitrogens with one attached hydrogen (secondary N) is 1. The number of rotatable bonds is 3. The van der Waals surface area contributed by atoms with Crippen LogP contribution in [0.5, 0.6) is 0 Å². The van der Waals surface area contributed by atoms with Crippen molar-refractivity contribution in [3.8, 4) is 0 Å². The Morgan fingerprint density at radius 1 is 1.33 bits per heavy atom. The lowest BCUT2D eigenvalue weighted by atomic mass is 10.2. The molecule has 0 spiro atoms. The molecule has 2 rings (SSSR count). The molecule has 0 aliphatic heterocycles. The van der Waals surface area contributed by atoms with E-state index in [2.05, 4.69) is 15.4 Å². The van der Waals surface area contributed by atoms with Gasteiger partial charge in [-0.15, -0.1) is 0 Å². The molecule has 0 saturated heterocycles. The van der Waals surface area contributed by atoms with Crippen LogP contribution in [0.4, 0.5) is 10.6 Å². The Balaban J connectivity index is 2.13. The van der Waals surface area contributed by atoms with E-state index in [1.54, 1.807) is 26.2 Å². The van der Waals surface area contributed by atoms with Crippen LogP contribution in [0.3, 0.4) is 0 Å². The second-order valence-corrected chi connectivity index (χ2v) is 4.56. The first-order valence-corrected chi connectivity index (χ1v) is 6.23. The Morgan fingerprint density at radius 3 is 2.71 bits per heavy atom. The molecule has 0 aromatic carbocycles. The van der Waals surface area contributed by atoms with Gasteiger partial charge in [-0.3, -0.25) is 9.78 Å². The average Bonchev–Trinajstić information content (AvgIpc) is 2.90. The van der Waals surface area contributed by atoms with Gasteiger partial charge in [0.2, 0.25) is 0 Å². The molecule has 0 bridgehead atoms. The maximum absolute atomic E-state index is 12.2. The summed E-state index contributed by atoms with van der Waals surface area (Å²) >= 11 is 0. The first-order chi connectivity index (χ1) is 9.99. The van der Waals surface area contributed by atoms with E-state index in [0.29, 0.717) is 11.3 Å². The molecule has 0 atom stereocenters. The summed E-state index contributed by atoms with van der Waals surface area (Å²) in [5.41, 5.74) is 6.62. The Labute approximate surface area is 121 Å². The van der Waals surface area contributed by atoms with E-state index in [1.165, 1.54) is 23.4 Å². The number of hydrogen-bond acceptors (Lipinski definition) is 5. The van der Waals surface area contributed by atoms with Crippen molar-refractivity contribution in [1.29, 1.82) is 0 Å². The molecule has 0 unspecified atom stereocenters. The van der Waals surface area contributed by atoms with Gasteiger partial charge in [0.15, 0.2) is 0 Å². The molecule has 21 heavy (non-hydrogen) atoms. The zero-order valence-corrected chi connectivity index (χ0v) is 11.8. The predicted molar refractivity (Wildman–Crippen MR) is 76.5 cm³/mol. The van der Waals surface area contributed by atoms with Crippen molar-refractivity contribution >= 4 is 17.8 Å². The van der Waals surface area contributed by atoms with E-state index in [4.69, 9.17) is 5.73 Å². The van der Waals surface area contributed by atoms with Crippen molar-refractivity contribution in [2.45, 2.75) is 6.54 Å². The third-order valence-corrected chi connectivity index (χ3v) is 2.75. The molecule has 2 heterocycles. The summed E-state index contributed by atoms with van der Waals surface area (Å²) < 4.78 is 1.11. The summed E-state index contributed by atoms with van der Waals surface area (Å²) in [5, 5.41) is 6.54. The molecule has 8 nitrogen and oxygen atoms in total. The number of amides is 2. The first-order valence-electron chi connectivity index (χ1n) is 6.23. The number of carbonyl (C=O) groups excluding carboxylic acids is 2. The van der Waals surface area contributed by atoms with Gasteiger partial charge < -0.3 is 16.0 Å². The molecule has 0 radical (unpaired) electrons. The topological polar surface area (TPSA) is 106 Å². The number of nitrogen functional groups attached to an aromatic ring is 1. The number of aromatic nitrogens is 3. The number of anilines is 1. The smallest absolute Gasteiger partial charge is 0.317 e. The summed E-state index contributed by atoms with van der Waals surface area (Å²) in [6.07, 6.45) is 2.96. The molecular formula is C13H16N6O2. The van der Waals surface area contributed by atoms with Crippen LogP contribution in [0, 0.1) is 0 Å². The van der Waals surface area contributed by atoms with E-state index >= 15 is 0 Å². The van der Waals surface area contributed by atoms with E-state index < -0.39 is 0 Å². The van der Waals surface area contributed by atoms with Crippen molar-refractivity contribution in [1.82, 2.24) is 25.0 Å². The molecule has 3 N–H and O–H groups in total. The number of pyridine rings is 1. The lowest BCUT2D eigenvalue weighted by Gasteiger charge is -2.11. The molecule has 2 aromatic rings. The van der Waals surface area contributed by atoms with Gasteiger partial charge in [0, 0.05) is 31.9 Å². The van der Waals surface area contributed by atoms with Crippen LogP contribution in [-0.2, 0) is 6.54 Å². The number of urea groups is 1. The predicted octanol–water partition coefficient (Wildman–Crippen LogP) is 0.320. The van der Waals surface area contributed by atoms with Gasteiger partial charge in [0.25, 0.3) is 5.91 Å². The highest BCUT2D eigenvalue weighted by atomic mass is 16.2. The molecule has 2 amide bonds. The Bertz CT molecular complexity index is 664. The normalized spacial score (nSPS) is 10.2. The maximum Gasteiger partial charge on any atom is 0.317 e. The van der Waals surface area contributed by atoms with Crippen molar-refractivity contribution in [3.05, 3.63) is 41.9 Å². The third kappa shape index (κ3) is 3.35. The van der Waals surface area contributed by atoms with E-state index in [0.717, 1.165) is 4.68 Å². The number of nitrogens with zero attached hydrogens (tertiary/aromatic N) is 4. The zero-order valence-electron chi connectivity index (χ0n) is 11.8. The van der Waals surface area contributed by atoms with Crippen LogP contribution in [0.2, 0.25) is 0 Å². The quantitative estimate of drug-likeness (QED) is 0.846. The highest BCUT2D eigenvalue weighted by Crippen LogP contribution is 2.08. The highest BCUT2D eigenvalue weighted by molar-refractivity contribution is 5.96. The number of carbonyl (C=O) groups is 2. The fourth-order valence-electron chi connectivity index (χ4n) is 1.64. The molecule has 0 aliphatic rings. The fraction of sp³-hybridized carbons (Fsp3) is 0.231. The minimum Gasteiger partial charge on any atom is -0.383 e. The summed E-state index contributed by atoms with van der Waals surface area (Å²) in [6.45, 7) is 0.229. The minimum absolute atomic E-state index is 0.229. The summed E-state index contributed by atoms with van der Waals surface area (Å²) in [4.78, 5) is 29.2. The molecule has 0 fully saturated rings. The molecule has 0 saturated carbocycles. The lowest BCUT2D eigenvalue weighted by molar-refractivity contribution is 0.0947. The molecular weight excluding hydrogens is 272 g/mol. The van der Waals surface area contributed by atoms with Crippen molar-refractivity contribution in [3.63, 3.8) is 0 Å². The van der Waals surface area contributed by atoms with Gasteiger partial charge in [0.05, 0.1) is 18.4 Å².